The van der Waals surface area contributed by atoms with E-state index in [0.29, 0.717) is 17.4 Å². The maximum atomic E-state index is 12.4. The number of nitrogens with zero attached hydrogens (tertiary/aromatic N) is 4. The van der Waals surface area contributed by atoms with Crippen LogP contribution in [0.25, 0.3) is 10.9 Å². The van der Waals surface area contributed by atoms with Crippen molar-refractivity contribution in [1.29, 1.82) is 0 Å². The number of hydrogen-bond donors (Lipinski definition) is 1. The standard InChI is InChI=1S/C18H19N5O2/c1-22(2)16-9-13(7-8-19-16)10-20-17(24)11-23-12-21-15-6-4-3-5-14(15)18(23)25/h3-9,12H,10-11H2,1-2H3,(H,20,24). The summed E-state index contributed by atoms with van der Waals surface area (Å²) >= 11 is 0. The third-order valence-corrected chi connectivity index (χ3v) is 3.80. The fourth-order valence-corrected chi connectivity index (χ4v) is 2.45. The number of amides is 1. The Morgan fingerprint density at radius 1 is 1.20 bits per heavy atom. The fourth-order valence-electron chi connectivity index (χ4n) is 2.45. The topological polar surface area (TPSA) is 80.1 Å². The van der Waals surface area contributed by atoms with Crippen LogP contribution < -0.4 is 15.8 Å². The van der Waals surface area contributed by atoms with Crippen LogP contribution in [-0.2, 0) is 17.9 Å². The summed E-state index contributed by atoms with van der Waals surface area (Å²) in [6.07, 6.45) is 3.11. The Bertz CT molecular complexity index is 965. The smallest absolute Gasteiger partial charge is 0.261 e. The number of hydrogen-bond acceptors (Lipinski definition) is 5. The molecule has 3 aromatic rings. The number of aromatic nitrogens is 3. The van der Waals surface area contributed by atoms with Gasteiger partial charge in [0.1, 0.15) is 12.4 Å². The Balaban J connectivity index is 1.68. The molecule has 0 radical (unpaired) electrons. The molecule has 0 aliphatic carbocycles. The molecule has 0 aliphatic heterocycles. The lowest BCUT2D eigenvalue weighted by Crippen LogP contribution is -2.32. The van der Waals surface area contributed by atoms with Crippen molar-refractivity contribution < 1.29 is 4.79 Å². The summed E-state index contributed by atoms with van der Waals surface area (Å²) in [5.74, 6) is 0.573. The summed E-state index contributed by atoms with van der Waals surface area (Å²) in [5.41, 5.74) is 1.34. The Labute approximate surface area is 144 Å². The van der Waals surface area contributed by atoms with Gasteiger partial charge in [-0.3, -0.25) is 14.2 Å². The van der Waals surface area contributed by atoms with Crippen molar-refractivity contribution >= 4 is 22.6 Å². The molecule has 2 aromatic heterocycles. The summed E-state index contributed by atoms with van der Waals surface area (Å²) in [7, 11) is 3.81. The Morgan fingerprint density at radius 2 is 2.00 bits per heavy atom. The second kappa shape index (κ2) is 7.12. The molecule has 1 N–H and O–H groups in total. The van der Waals surface area contributed by atoms with Crippen molar-refractivity contribution in [3.63, 3.8) is 0 Å². The van der Waals surface area contributed by atoms with Crippen LogP contribution >= 0.6 is 0 Å². The molecule has 0 spiro atoms. The van der Waals surface area contributed by atoms with E-state index in [-0.39, 0.29) is 18.0 Å². The lowest BCUT2D eigenvalue weighted by Gasteiger charge is -2.12. The number of anilines is 1. The normalized spacial score (nSPS) is 10.6. The zero-order chi connectivity index (χ0) is 17.8. The molecular weight excluding hydrogens is 318 g/mol. The first kappa shape index (κ1) is 16.6. The highest BCUT2D eigenvalue weighted by Crippen LogP contribution is 2.09. The molecule has 0 fully saturated rings. The maximum absolute atomic E-state index is 12.4. The number of pyridine rings is 1. The number of benzene rings is 1. The molecular formula is C18H19N5O2. The average molecular weight is 337 g/mol. The van der Waals surface area contributed by atoms with Crippen LogP contribution in [0.3, 0.4) is 0 Å². The lowest BCUT2D eigenvalue weighted by molar-refractivity contribution is -0.121. The van der Waals surface area contributed by atoms with Crippen LogP contribution in [0.1, 0.15) is 5.56 Å². The fraction of sp³-hybridized carbons (Fsp3) is 0.222. The number of carbonyl (C=O) groups is 1. The molecule has 0 unspecified atom stereocenters. The maximum Gasteiger partial charge on any atom is 0.261 e. The zero-order valence-corrected chi connectivity index (χ0v) is 14.1. The molecule has 0 atom stereocenters. The quantitative estimate of drug-likeness (QED) is 0.756. The first-order valence-electron chi connectivity index (χ1n) is 7.88. The van der Waals surface area contributed by atoms with Gasteiger partial charge in [0.2, 0.25) is 5.91 Å². The van der Waals surface area contributed by atoms with Crippen molar-refractivity contribution in [2.45, 2.75) is 13.1 Å². The van der Waals surface area contributed by atoms with Crippen molar-refractivity contribution in [2.75, 3.05) is 19.0 Å². The summed E-state index contributed by atoms with van der Waals surface area (Å²) in [6.45, 7) is 0.306. The van der Waals surface area contributed by atoms with Crippen molar-refractivity contribution in [2.24, 2.45) is 0 Å². The Hall–Kier alpha value is -3.22. The molecule has 1 aromatic carbocycles. The van der Waals surface area contributed by atoms with Gasteiger partial charge in [0.25, 0.3) is 5.56 Å². The predicted molar refractivity (Wildman–Crippen MR) is 96.4 cm³/mol. The first-order chi connectivity index (χ1) is 12.0. The summed E-state index contributed by atoms with van der Waals surface area (Å²) in [5, 5.41) is 3.32. The highest BCUT2D eigenvalue weighted by atomic mass is 16.2. The van der Waals surface area contributed by atoms with Gasteiger partial charge < -0.3 is 10.2 Å². The number of fused-ring (bicyclic) bond motifs is 1. The van der Waals surface area contributed by atoms with Crippen LogP contribution in [0.15, 0.2) is 53.7 Å². The van der Waals surface area contributed by atoms with E-state index in [0.717, 1.165) is 11.4 Å². The van der Waals surface area contributed by atoms with E-state index in [2.05, 4.69) is 15.3 Å². The van der Waals surface area contributed by atoms with Gasteiger partial charge in [-0.2, -0.15) is 0 Å². The average Bonchev–Trinajstić information content (AvgIpc) is 2.63. The minimum atomic E-state index is -0.248. The van der Waals surface area contributed by atoms with E-state index in [1.54, 1.807) is 24.4 Å². The highest BCUT2D eigenvalue weighted by Gasteiger charge is 2.08. The van der Waals surface area contributed by atoms with Gasteiger partial charge in [0.05, 0.1) is 17.2 Å². The molecule has 25 heavy (non-hydrogen) atoms. The predicted octanol–water partition coefficient (Wildman–Crippen LogP) is 1.17. The van der Waals surface area contributed by atoms with Gasteiger partial charge in [-0.15, -0.1) is 0 Å². The van der Waals surface area contributed by atoms with Crippen LogP contribution in [0, 0.1) is 0 Å². The highest BCUT2D eigenvalue weighted by molar-refractivity contribution is 5.78. The van der Waals surface area contributed by atoms with Gasteiger partial charge in [0.15, 0.2) is 0 Å². The molecule has 1 amide bonds. The van der Waals surface area contributed by atoms with Crippen LogP contribution in [0.4, 0.5) is 5.82 Å². The second-order valence-corrected chi connectivity index (χ2v) is 5.89. The number of nitrogens with one attached hydrogen (secondary N) is 1. The SMILES string of the molecule is CN(C)c1cc(CNC(=O)Cn2cnc3ccccc3c2=O)ccn1. The third-order valence-electron chi connectivity index (χ3n) is 3.80. The van der Waals surface area contributed by atoms with Crippen LogP contribution in [-0.4, -0.2) is 34.5 Å². The number of para-hydroxylation sites is 1. The zero-order valence-electron chi connectivity index (χ0n) is 14.1. The molecule has 7 nitrogen and oxygen atoms in total. The largest absolute Gasteiger partial charge is 0.363 e. The molecule has 2 heterocycles. The summed E-state index contributed by atoms with van der Waals surface area (Å²) in [6, 6.07) is 10.8. The first-order valence-corrected chi connectivity index (χ1v) is 7.88. The van der Waals surface area contributed by atoms with Crippen molar-refractivity contribution in [3.05, 3.63) is 64.8 Å². The second-order valence-electron chi connectivity index (χ2n) is 5.89. The monoisotopic (exact) mass is 337 g/mol. The number of rotatable bonds is 5. The van der Waals surface area contributed by atoms with Crippen molar-refractivity contribution in [1.82, 2.24) is 19.9 Å². The molecule has 3 rings (SSSR count). The Morgan fingerprint density at radius 3 is 2.80 bits per heavy atom. The number of carbonyl (C=O) groups excluding carboxylic acids is 1. The van der Waals surface area contributed by atoms with Gasteiger partial charge in [-0.05, 0) is 29.8 Å². The van der Waals surface area contributed by atoms with Crippen molar-refractivity contribution in [3.8, 4) is 0 Å². The molecule has 7 heteroatoms. The molecule has 0 bridgehead atoms. The van der Waals surface area contributed by atoms with E-state index in [1.165, 1.54) is 10.9 Å². The minimum absolute atomic E-state index is 0.0672. The van der Waals surface area contributed by atoms with Gasteiger partial charge in [-0.1, -0.05) is 12.1 Å². The Kier molecular flexibility index (Phi) is 4.74. The van der Waals surface area contributed by atoms with E-state index >= 15 is 0 Å². The van der Waals surface area contributed by atoms with E-state index in [1.807, 2.05) is 37.2 Å². The van der Waals surface area contributed by atoms with E-state index < -0.39 is 0 Å². The van der Waals surface area contributed by atoms with E-state index in [9.17, 15) is 9.59 Å². The van der Waals surface area contributed by atoms with Crippen LogP contribution in [0.5, 0.6) is 0 Å². The third kappa shape index (κ3) is 3.82. The molecule has 0 aliphatic rings. The molecule has 0 saturated carbocycles. The minimum Gasteiger partial charge on any atom is -0.363 e. The molecule has 0 saturated heterocycles. The summed E-state index contributed by atoms with van der Waals surface area (Å²) < 4.78 is 1.31. The van der Waals surface area contributed by atoms with Gasteiger partial charge in [-0.25, -0.2) is 9.97 Å². The van der Waals surface area contributed by atoms with Crippen LogP contribution in [0.2, 0.25) is 0 Å². The van der Waals surface area contributed by atoms with E-state index in [4.69, 9.17) is 0 Å². The van der Waals surface area contributed by atoms with Gasteiger partial charge in [0, 0.05) is 26.8 Å². The lowest BCUT2D eigenvalue weighted by atomic mass is 10.2. The van der Waals surface area contributed by atoms with Gasteiger partial charge >= 0.3 is 0 Å². The molecule has 128 valence electrons. The summed E-state index contributed by atoms with van der Waals surface area (Å²) in [4.78, 5) is 34.9.